The Morgan fingerprint density at radius 1 is 1.24 bits per heavy atom. The van der Waals surface area contributed by atoms with Crippen molar-refractivity contribution < 1.29 is 5.11 Å². The first-order valence-corrected chi connectivity index (χ1v) is 7.70. The molecule has 1 aliphatic carbocycles. The minimum atomic E-state index is -0.286. The Labute approximate surface area is 124 Å². The van der Waals surface area contributed by atoms with E-state index in [0.29, 0.717) is 18.4 Å². The van der Waals surface area contributed by atoms with E-state index in [0.717, 1.165) is 42.5 Å². The molecule has 0 amide bonds. The van der Waals surface area contributed by atoms with Crippen LogP contribution < -0.4 is 10.6 Å². The molecule has 1 aromatic heterocycles. The van der Waals surface area contributed by atoms with Crippen LogP contribution in [0.2, 0.25) is 0 Å². The predicted octanol–water partition coefficient (Wildman–Crippen LogP) is 2.63. The molecule has 0 saturated heterocycles. The van der Waals surface area contributed by atoms with Gasteiger partial charge < -0.3 is 15.7 Å². The summed E-state index contributed by atoms with van der Waals surface area (Å²) in [6, 6.07) is 7.94. The molecule has 5 heteroatoms. The average Bonchev–Trinajstić information content (AvgIpc) is 3.35. The van der Waals surface area contributed by atoms with E-state index >= 15 is 0 Å². The lowest BCUT2D eigenvalue weighted by molar-refractivity contribution is 0.164. The summed E-state index contributed by atoms with van der Waals surface area (Å²) < 4.78 is 0. The molecule has 3 rings (SSSR count). The van der Waals surface area contributed by atoms with Crippen molar-refractivity contribution >= 4 is 22.7 Å². The summed E-state index contributed by atoms with van der Waals surface area (Å²) in [6.45, 7) is 3.50. The maximum Gasteiger partial charge on any atom is 0.225 e. The van der Waals surface area contributed by atoms with E-state index in [1.807, 2.05) is 24.3 Å². The highest BCUT2D eigenvalue weighted by molar-refractivity contribution is 5.90. The van der Waals surface area contributed by atoms with Crippen molar-refractivity contribution in [1.29, 1.82) is 0 Å². The third-order valence-electron chi connectivity index (χ3n) is 3.78. The highest BCUT2D eigenvalue weighted by Gasteiger charge is 2.29. The molecule has 112 valence electrons. The number of nitrogens with zero attached hydrogens (tertiary/aromatic N) is 2. The molecule has 0 aliphatic heterocycles. The Hall–Kier alpha value is -1.88. The fraction of sp³-hybridized carbons (Fsp3) is 0.500. The summed E-state index contributed by atoms with van der Waals surface area (Å²) in [5, 5.41) is 17.5. The van der Waals surface area contributed by atoms with Gasteiger partial charge in [-0.3, -0.25) is 0 Å². The third kappa shape index (κ3) is 3.42. The predicted molar refractivity (Wildman–Crippen MR) is 85.5 cm³/mol. The Bertz CT molecular complexity index is 612. The normalized spacial score (nSPS) is 15.9. The van der Waals surface area contributed by atoms with Crippen molar-refractivity contribution in [2.75, 3.05) is 23.7 Å². The average molecular weight is 286 g/mol. The third-order valence-corrected chi connectivity index (χ3v) is 3.78. The molecule has 1 saturated carbocycles. The van der Waals surface area contributed by atoms with Gasteiger partial charge in [0, 0.05) is 18.5 Å². The highest BCUT2D eigenvalue weighted by atomic mass is 16.3. The number of nitrogens with one attached hydrogen (secondary N) is 2. The summed E-state index contributed by atoms with van der Waals surface area (Å²) in [4.78, 5) is 9.07. The van der Waals surface area contributed by atoms with Crippen molar-refractivity contribution in [2.45, 2.75) is 32.3 Å². The largest absolute Gasteiger partial charge is 0.391 e. The van der Waals surface area contributed by atoms with Crippen molar-refractivity contribution in [3.8, 4) is 0 Å². The fourth-order valence-corrected chi connectivity index (χ4v) is 2.38. The summed E-state index contributed by atoms with van der Waals surface area (Å²) in [6.07, 6.45) is 3.01. The van der Waals surface area contributed by atoms with Gasteiger partial charge in [0.15, 0.2) is 0 Å². The first kappa shape index (κ1) is 14.1. The van der Waals surface area contributed by atoms with Gasteiger partial charge in [-0.05, 0) is 37.3 Å². The number of hydrogen-bond donors (Lipinski definition) is 3. The van der Waals surface area contributed by atoms with E-state index < -0.39 is 0 Å². The summed E-state index contributed by atoms with van der Waals surface area (Å²) in [5.41, 5.74) is 0.912. The van der Waals surface area contributed by atoms with Crippen LogP contribution in [-0.4, -0.2) is 34.3 Å². The second-order valence-electron chi connectivity index (χ2n) is 5.63. The molecule has 0 spiro atoms. The standard InChI is InChI=1S/C16H22N4O/c1-2-9-17-16-19-13-6-4-3-5-12(13)15(20-16)18-10-14(21)11-7-8-11/h3-6,11,14,21H,2,7-10H2,1H3,(H2,17,18,19,20). The van der Waals surface area contributed by atoms with Crippen molar-refractivity contribution in [3.63, 3.8) is 0 Å². The zero-order valence-electron chi connectivity index (χ0n) is 12.3. The van der Waals surface area contributed by atoms with Crippen LogP contribution in [0.25, 0.3) is 10.9 Å². The van der Waals surface area contributed by atoms with E-state index in [4.69, 9.17) is 0 Å². The number of para-hydroxylation sites is 1. The van der Waals surface area contributed by atoms with Crippen LogP contribution >= 0.6 is 0 Å². The van der Waals surface area contributed by atoms with Crippen LogP contribution in [-0.2, 0) is 0 Å². The Balaban J connectivity index is 1.82. The van der Waals surface area contributed by atoms with Crippen molar-refractivity contribution in [3.05, 3.63) is 24.3 Å². The molecule has 1 aromatic carbocycles. The molecule has 0 bridgehead atoms. The molecular formula is C16H22N4O. The number of benzene rings is 1. The van der Waals surface area contributed by atoms with Crippen LogP contribution in [0.3, 0.4) is 0 Å². The molecule has 5 nitrogen and oxygen atoms in total. The monoisotopic (exact) mass is 286 g/mol. The topological polar surface area (TPSA) is 70.1 Å². The molecule has 1 unspecified atom stereocenters. The van der Waals surface area contributed by atoms with Crippen LogP contribution in [0.4, 0.5) is 11.8 Å². The number of anilines is 2. The van der Waals surface area contributed by atoms with Gasteiger partial charge in [-0.2, -0.15) is 4.98 Å². The highest BCUT2D eigenvalue weighted by Crippen LogP contribution is 2.32. The zero-order valence-corrected chi connectivity index (χ0v) is 12.3. The van der Waals surface area contributed by atoms with E-state index in [9.17, 15) is 5.11 Å². The van der Waals surface area contributed by atoms with Gasteiger partial charge in [0.2, 0.25) is 5.95 Å². The Morgan fingerprint density at radius 2 is 2.05 bits per heavy atom. The van der Waals surface area contributed by atoms with Gasteiger partial charge in [-0.25, -0.2) is 4.98 Å². The van der Waals surface area contributed by atoms with Gasteiger partial charge in [0.25, 0.3) is 0 Å². The fourth-order valence-electron chi connectivity index (χ4n) is 2.38. The van der Waals surface area contributed by atoms with Crippen molar-refractivity contribution in [2.24, 2.45) is 5.92 Å². The molecule has 2 aromatic rings. The van der Waals surface area contributed by atoms with E-state index in [1.54, 1.807) is 0 Å². The van der Waals surface area contributed by atoms with E-state index in [1.165, 1.54) is 0 Å². The van der Waals surface area contributed by atoms with Gasteiger partial charge in [0.1, 0.15) is 5.82 Å². The summed E-state index contributed by atoms with van der Waals surface area (Å²) in [7, 11) is 0. The summed E-state index contributed by atoms with van der Waals surface area (Å²) >= 11 is 0. The van der Waals surface area contributed by atoms with Crippen LogP contribution in [0, 0.1) is 5.92 Å². The lowest BCUT2D eigenvalue weighted by atomic mass is 10.2. The maximum absolute atomic E-state index is 10.0. The van der Waals surface area contributed by atoms with E-state index in [-0.39, 0.29) is 6.10 Å². The Kier molecular flexibility index (Phi) is 4.20. The number of hydrogen-bond acceptors (Lipinski definition) is 5. The molecule has 0 radical (unpaired) electrons. The number of aromatic nitrogens is 2. The SMILES string of the molecule is CCCNc1nc(NCC(O)C2CC2)c2ccccc2n1. The van der Waals surface area contributed by atoms with E-state index in [2.05, 4.69) is 27.5 Å². The van der Waals surface area contributed by atoms with Crippen LogP contribution in [0.5, 0.6) is 0 Å². The van der Waals surface area contributed by atoms with Gasteiger partial charge in [0.05, 0.1) is 11.6 Å². The minimum absolute atomic E-state index is 0.286. The van der Waals surface area contributed by atoms with Gasteiger partial charge in [-0.1, -0.05) is 19.1 Å². The first-order valence-electron chi connectivity index (χ1n) is 7.70. The lowest BCUT2D eigenvalue weighted by Gasteiger charge is -2.14. The summed E-state index contributed by atoms with van der Waals surface area (Å²) in [5.74, 6) is 1.89. The van der Waals surface area contributed by atoms with Crippen LogP contribution in [0.15, 0.2) is 24.3 Å². The molecule has 21 heavy (non-hydrogen) atoms. The van der Waals surface area contributed by atoms with Gasteiger partial charge >= 0.3 is 0 Å². The molecule has 1 atom stereocenters. The molecule has 1 fully saturated rings. The molecule has 1 heterocycles. The maximum atomic E-state index is 10.0. The number of aliphatic hydroxyl groups is 1. The molecule has 3 N–H and O–H groups in total. The van der Waals surface area contributed by atoms with Gasteiger partial charge in [-0.15, -0.1) is 0 Å². The molecule has 1 aliphatic rings. The number of fused-ring (bicyclic) bond motifs is 1. The van der Waals surface area contributed by atoms with Crippen molar-refractivity contribution in [1.82, 2.24) is 9.97 Å². The number of rotatable bonds is 7. The first-order chi connectivity index (χ1) is 10.3. The second kappa shape index (κ2) is 6.26. The Morgan fingerprint density at radius 3 is 2.81 bits per heavy atom. The molecular weight excluding hydrogens is 264 g/mol. The zero-order chi connectivity index (χ0) is 14.7. The smallest absolute Gasteiger partial charge is 0.225 e. The quantitative estimate of drug-likeness (QED) is 0.730. The van der Waals surface area contributed by atoms with Crippen LogP contribution in [0.1, 0.15) is 26.2 Å². The number of aliphatic hydroxyl groups excluding tert-OH is 1. The second-order valence-corrected chi connectivity index (χ2v) is 5.63. The lowest BCUT2D eigenvalue weighted by Crippen LogP contribution is -2.22. The minimum Gasteiger partial charge on any atom is -0.391 e.